The Bertz CT molecular complexity index is 964. The molecule has 3 aromatic rings. The number of para-hydroxylation sites is 1. The summed E-state index contributed by atoms with van der Waals surface area (Å²) in [5.41, 5.74) is 4.20. The van der Waals surface area contributed by atoms with Crippen molar-refractivity contribution in [3.05, 3.63) is 83.9 Å². The van der Waals surface area contributed by atoms with Gasteiger partial charge in [-0.3, -0.25) is 0 Å². The van der Waals surface area contributed by atoms with Crippen molar-refractivity contribution in [2.75, 3.05) is 16.4 Å². The zero-order valence-electron chi connectivity index (χ0n) is 16.0. The van der Waals surface area contributed by atoms with E-state index in [-0.39, 0.29) is 0 Å². The van der Waals surface area contributed by atoms with Crippen molar-refractivity contribution in [1.29, 1.82) is 0 Å². The van der Waals surface area contributed by atoms with Crippen LogP contribution in [0.1, 0.15) is 28.8 Å². The molecule has 142 valence electrons. The van der Waals surface area contributed by atoms with Gasteiger partial charge in [0.05, 0.1) is 5.56 Å². The van der Waals surface area contributed by atoms with Crippen LogP contribution >= 0.6 is 0 Å². The number of aryl methyl sites for hydroxylation is 1. The fraction of sp³-hybridized carbons (Fsp3) is 0.208. The molecule has 0 radical (unpaired) electrons. The molecule has 0 spiro atoms. The van der Waals surface area contributed by atoms with Crippen molar-refractivity contribution in [1.82, 2.24) is 0 Å². The lowest BCUT2D eigenvalue weighted by molar-refractivity contribution is 0.0696. The van der Waals surface area contributed by atoms with Crippen molar-refractivity contribution in [3.63, 3.8) is 0 Å². The van der Waals surface area contributed by atoms with E-state index in [2.05, 4.69) is 41.3 Å². The third-order valence-corrected chi connectivity index (χ3v) is 7.67. The summed E-state index contributed by atoms with van der Waals surface area (Å²) in [6.45, 7) is 1.85. The molecule has 3 aromatic carbocycles. The smallest absolute Gasteiger partial charge is 0.335 e. The number of hydrogen-bond donors (Lipinski definition) is 1. The Hall–Kier alpha value is -2.72. The molecule has 0 aliphatic carbocycles. The topological polar surface area (TPSA) is 40.5 Å². The van der Waals surface area contributed by atoms with E-state index in [1.165, 1.54) is 29.2 Å². The Morgan fingerprint density at radius 1 is 0.857 bits per heavy atom. The van der Waals surface area contributed by atoms with E-state index in [0.717, 1.165) is 22.6 Å². The van der Waals surface area contributed by atoms with Gasteiger partial charge < -0.3 is 10.0 Å². The van der Waals surface area contributed by atoms with Crippen LogP contribution in [0.15, 0.2) is 77.7 Å². The van der Waals surface area contributed by atoms with Crippen LogP contribution in [0.25, 0.3) is 0 Å². The quantitative estimate of drug-likeness (QED) is 0.549. The molecule has 4 rings (SSSR count). The van der Waals surface area contributed by atoms with Crippen LogP contribution in [0.2, 0.25) is 0 Å². The van der Waals surface area contributed by atoms with Gasteiger partial charge in [0.15, 0.2) is 4.90 Å². The highest BCUT2D eigenvalue weighted by Gasteiger charge is 2.27. The molecule has 28 heavy (non-hydrogen) atoms. The number of nitrogens with zero attached hydrogens (tertiary/aromatic N) is 1. The van der Waals surface area contributed by atoms with Crippen LogP contribution in [0, 0.1) is 6.92 Å². The van der Waals surface area contributed by atoms with Gasteiger partial charge in [-0.05, 0) is 79.9 Å². The predicted molar refractivity (Wildman–Crippen MR) is 117 cm³/mol. The van der Waals surface area contributed by atoms with E-state index in [9.17, 15) is 9.90 Å². The number of carboxylic acids is 1. The van der Waals surface area contributed by atoms with Crippen LogP contribution in [-0.4, -0.2) is 22.6 Å². The molecular weight excluding hydrogens is 366 g/mol. The van der Waals surface area contributed by atoms with E-state index in [0.29, 0.717) is 16.5 Å². The lowest BCUT2D eigenvalue weighted by Crippen LogP contribution is -2.11. The van der Waals surface area contributed by atoms with Gasteiger partial charge in [0.1, 0.15) is 11.5 Å². The van der Waals surface area contributed by atoms with Crippen LogP contribution in [0.5, 0.6) is 0 Å². The first-order chi connectivity index (χ1) is 13.6. The lowest BCUT2D eigenvalue weighted by Gasteiger charge is -2.26. The van der Waals surface area contributed by atoms with E-state index in [4.69, 9.17) is 0 Å². The first-order valence-electron chi connectivity index (χ1n) is 9.60. The second-order valence-electron chi connectivity index (χ2n) is 7.08. The SMILES string of the molecule is Cc1cc(N(c2ccccc2)c2ccc([S+]3CCCC3)cc2)ccc1C(=O)O. The second-order valence-corrected chi connectivity index (χ2v) is 9.35. The van der Waals surface area contributed by atoms with Crippen LogP contribution in [-0.2, 0) is 10.9 Å². The standard InChI is InChI=1S/C24H23NO2S/c1-18-17-21(11-14-23(18)24(26)27)25(19-7-3-2-4-8-19)20-9-12-22(13-10-20)28-15-5-6-16-28/h2-4,7-14,17H,5-6,15-16H2,1H3/p+1. The van der Waals surface area contributed by atoms with E-state index in [1.54, 1.807) is 6.07 Å². The summed E-state index contributed by atoms with van der Waals surface area (Å²) < 4.78 is 0. The molecule has 0 aromatic heterocycles. The molecule has 0 amide bonds. The largest absolute Gasteiger partial charge is 0.478 e. The molecule has 0 bridgehead atoms. The molecule has 0 atom stereocenters. The Balaban J connectivity index is 1.74. The second kappa shape index (κ2) is 8.11. The molecule has 0 saturated carbocycles. The summed E-state index contributed by atoms with van der Waals surface area (Å²) in [4.78, 5) is 15.0. The molecule has 1 heterocycles. The predicted octanol–water partition coefficient (Wildman–Crippen LogP) is 5.93. The molecule has 1 N–H and O–H groups in total. The Kier molecular flexibility index (Phi) is 5.40. The van der Waals surface area contributed by atoms with Crippen molar-refractivity contribution >= 4 is 33.9 Å². The third-order valence-electron chi connectivity index (χ3n) is 5.17. The van der Waals surface area contributed by atoms with E-state index >= 15 is 0 Å². The molecule has 0 unspecified atom stereocenters. The summed E-state index contributed by atoms with van der Waals surface area (Å²) in [7, 11) is 0.403. The zero-order valence-corrected chi connectivity index (χ0v) is 16.8. The molecule has 1 fully saturated rings. The third kappa shape index (κ3) is 3.78. The minimum Gasteiger partial charge on any atom is -0.478 e. The highest BCUT2D eigenvalue weighted by atomic mass is 32.2. The summed E-state index contributed by atoms with van der Waals surface area (Å²) >= 11 is 0. The molecule has 1 aliphatic heterocycles. The molecule has 4 heteroatoms. The van der Waals surface area contributed by atoms with Gasteiger partial charge in [-0.15, -0.1) is 0 Å². The Morgan fingerprint density at radius 2 is 1.46 bits per heavy atom. The number of carbonyl (C=O) groups is 1. The van der Waals surface area contributed by atoms with Gasteiger partial charge >= 0.3 is 5.97 Å². The maximum absolute atomic E-state index is 11.4. The fourth-order valence-electron chi connectivity index (χ4n) is 3.73. The molecular formula is C24H24NO2S+. The van der Waals surface area contributed by atoms with Crippen LogP contribution < -0.4 is 4.90 Å². The van der Waals surface area contributed by atoms with Crippen molar-refractivity contribution in [2.24, 2.45) is 0 Å². The monoisotopic (exact) mass is 390 g/mol. The number of aromatic carboxylic acids is 1. The van der Waals surface area contributed by atoms with E-state index in [1.807, 2.05) is 37.3 Å². The number of hydrogen-bond acceptors (Lipinski definition) is 2. The van der Waals surface area contributed by atoms with Gasteiger partial charge in [0, 0.05) is 28.0 Å². The first-order valence-corrected chi connectivity index (χ1v) is 11.2. The van der Waals surface area contributed by atoms with Crippen molar-refractivity contribution < 1.29 is 9.90 Å². The minimum absolute atomic E-state index is 0.342. The first kappa shape index (κ1) is 18.6. The molecule has 1 saturated heterocycles. The van der Waals surface area contributed by atoms with Gasteiger partial charge in [-0.25, -0.2) is 4.79 Å². The van der Waals surface area contributed by atoms with Crippen molar-refractivity contribution in [2.45, 2.75) is 24.7 Å². The average molecular weight is 391 g/mol. The Morgan fingerprint density at radius 3 is 2.07 bits per heavy atom. The van der Waals surface area contributed by atoms with Crippen molar-refractivity contribution in [3.8, 4) is 0 Å². The zero-order chi connectivity index (χ0) is 19.5. The molecule has 1 aliphatic rings. The highest BCUT2D eigenvalue weighted by molar-refractivity contribution is 7.97. The minimum atomic E-state index is -0.891. The Labute approximate surface area is 169 Å². The number of carboxylic acid groups (broad SMARTS) is 1. The van der Waals surface area contributed by atoms with Crippen LogP contribution in [0.4, 0.5) is 17.1 Å². The number of rotatable bonds is 5. The van der Waals surface area contributed by atoms with Crippen LogP contribution in [0.3, 0.4) is 0 Å². The van der Waals surface area contributed by atoms with Gasteiger partial charge in [0.2, 0.25) is 0 Å². The maximum Gasteiger partial charge on any atom is 0.335 e. The van der Waals surface area contributed by atoms with E-state index < -0.39 is 5.97 Å². The fourth-order valence-corrected chi connectivity index (χ4v) is 6.03. The molecule has 3 nitrogen and oxygen atoms in total. The summed E-state index contributed by atoms with van der Waals surface area (Å²) in [6, 6.07) is 24.6. The summed E-state index contributed by atoms with van der Waals surface area (Å²) in [5.74, 6) is 1.74. The maximum atomic E-state index is 11.4. The van der Waals surface area contributed by atoms with Gasteiger partial charge in [0.25, 0.3) is 0 Å². The lowest BCUT2D eigenvalue weighted by atomic mass is 10.1. The number of anilines is 3. The summed E-state index contributed by atoms with van der Waals surface area (Å²) in [5, 5.41) is 9.35. The highest BCUT2D eigenvalue weighted by Crippen LogP contribution is 2.36. The number of benzene rings is 3. The summed E-state index contributed by atoms with van der Waals surface area (Å²) in [6.07, 6.45) is 2.69. The average Bonchev–Trinajstić information content (AvgIpc) is 3.24. The van der Waals surface area contributed by atoms with Gasteiger partial charge in [-0.2, -0.15) is 0 Å². The normalized spacial score (nSPS) is 14.2. The van der Waals surface area contributed by atoms with Gasteiger partial charge in [-0.1, -0.05) is 18.2 Å².